The SMILES string of the molecule is CSCCCCNc1cc2n[nH]c(=O)n2c(C)n1. The van der Waals surface area contributed by atoms with E-state index in [2.05, 4.69) is 26.8 Å². The minimum Gasteiger partial charge on any atom is -0.370 e. The van der Waals surface area contributed by atoms with E-state index in [1.54, 1.807) is 13.0 Å². The van der Waals surface area contributed by atoms with E-state index in [0.717, 1.165) is 18.8 Å². The molecule has 0 saturated carbocycles. The first-order valence-electron chi connectivity index (χ1n) is 5.90. The standard InChI is InChI=1S/C11H17N5OS/c1-8-13-9(12-5-3-4-6-18-2)7-10-14-15-11(17)16(8)10/h7,12H,3-6H2,1-2H3,(H,15,17). The van der Waals surface area contributed by atoms with Crippen molar-refractivity contribution in [3.05, 3.63) is 22.4 Å². The van der Waals surface area contributed by atoms with Crippen molar-refractivity contribution in [1.29, 1.82) is 0 Å². The summed E-state index contributed by atoms with van der Waals surface area (Å²) in [7, 11) is 0. The molecule has 18 heavy (non-hydrogen) atoms. The summed E-state index contributed by atoms with van der Waals surface area (Å²) in [4.78, 5) is 15.8. The van der Waals surface area contributed by atoms with Crippen LogP contribution in [-0.4, -0.2) is 38.1 Å². The van der Waals surface area contributed by atoms with E-state index in [1.165, 1.54) is 16.6 Å². The predicted octanol–water partition coefficient (Wildman–Crippen LogP) is 1.28. The summed E-state index contributed by atoms with van der Waals surface area (Å²) in [5.41, 5.74) is 0.348. The van der Waals surface area contributed by atoms with Crippen LogP contribution in [0.4, 0.5) is 5.82 Å². The molecule has 0 atom stereocenters. The van der Waals surface area contributed by atoms with Crippen LogP contribution in [0, 0.1) is 6.92 Å². The maximum atomic E-state index is 11.4. The van der Waals surface area contributed by atoms with Crippen molar-refractivity contribution < 1.29 is 0 Å². The average molecular weight is 267 g/mol. The van der Waals surface area contributed by atoms with Crippen molar-refractivity contribution >= 4 is 23.2 Å². The van der Waals surface area contributed by atoms with Gasteiger partial charge in [-0.05, 0) is 31.8 Å². The zero-order valence-corrected chi connectivity index (χ0v) is 11.4. The second-order valence-electron chi connectivity index (χ2n) is 4.04. The van der Waals surface area contributed by atoms with Gasteiger partial charge in [-0.1, -0.05) is 0 Å². The van der Waals surface area contributed by atoms with Crippen LogP contribution in [0.1, 0.15) is 18.7 Å². The van der Waals surface area contributed by atoms with Gasteiger partial charge in [-0.3, -0.25) is 0 Å². The highest BCUT2D eigenvalue weighted by molar-refractivity contribution is 7.98. The van der Waals surface area contributed by atoms with Crippen LogP contribution in [0.5, 0.6) is 0 Å². The molecule has 2 N–H and O–H groups in total. The van der Waals surface area contributed by atoms with Crippen molar-refractivity contribution in [2.24, 2.45) is 0 Å². The Morgan fingerprint density at radius 1 is 1.50 bits per heavy atom. The molecule has 0 spiro atoms. The summed E-state index contributed by atoms with van der Waals surface area (Å²) in [5, 5.41) is 9.61. The number of aryl methyl sites for hydroxylation is 1. The molecule has 2 rings (SSSR count). The number of nitrogens with one attached hydrogen (secondary N) is 2. The van der Waals surface area contributed by atoms with E-state index in [1.807, 2.05) is 11.8 Å². The van der Waals surface area contributed by atoms with Crippen LogP contribution >= 0.6 is 11.8 Å². The Morgan fingerprint density at radius 3 is 3.11 bits per heavy atom. The maximum absolute atomic E-state index is 11.4. The van der Waals surface area contributed by atoms with Gasteiger partial charge in [-0.25, -0.2) is 19.3 Å². The number of aromatic nitrogens is 4. The van der Waals surface area contributed by atoms with Gasteiger partial charge in [0.05, 0.1) is 0 Å². The predicted molar refractivity (Wildman–Crippen MR) is 74.5 cm³/mol. The van der Waals surface area contributed by atoms with E-state index in [4.69, 9.17) is 0 Å². The number of aromatic amines is 1. The summed E-state index contributed by atoms with van der Waals surface area (Å²) < 4.78 is 1.46. The van der Waals surface area contributed by atoms with Crippen molar-refractivity contribution in [3.8, 4) is 0 Å². The number of hydrogen-bond donors (Lipinski definition) is 2. The largest absolute Gasteiger partial charge is 0.370 e. The Labute approximate surface area is 109 Å². The third-order valence-corrected chi connectivity index (χ3v) is 3.35. The van der Waals surface area contributed by atoms with Gasteiger partial charge in [0.2, 0.25) is 0 Å². The Balaban J connectivity index is 2.03. The monoisotopic (exact) mass is 267 g/mol. The molecule has 2 aromatic heterocycles. The number of H-pyrrole nitrogens is 1. The minimum atomic E-state index is -0.249. The van der Waals surface area contributed by atoms with Crippen LogP contribution in [-0.2, 0) is 0 Å². The van der Waals surface area contributed by atoms with E-state index >= 15 is 0 Å². The lowest BCUT2D eigenvalue weighted by atomic mass is 10.3. The van der Waals surface area contributed by atoms with Gasteiger partial charge in [-0.15, -0.1) is 0 Å². The van der Waals surface area contributed by atoms with Crippen molar-refractivity contribution in [1.82, 2.24) is 19.6 Å². The Hall–Kier alpha value is -1.50. The molecule has 0 aliphatic carbocycles. The Kier molecular flexibility index (Phi) is 4.24. The quantitative estimate of drug-likeness (QED) is 0.771. The van der Waals surface area contributed by atoms with Gasteiger partial charge in [0, 0.05) is 12.6 Å². The van der Waals surface area contributed by atoms with E-state index in [-0.39, 0.29) is 5.69 Å². The number of rotatable bonds is 6. The lowest BCUT2D eigenvalue weighted by Gasteiger charge is -2.06. The van der Waals surface area contributed by atoms with Crippen LogP contribution < -0.4 is 11.0 Å². The molecule has 7 heteroatoms. The summed E-state index contributed by atoms with van der Waals surface area (Å²) in [6.45, 7) is 2.68. The van der Waals surface area contributed by atoms with Gasteiger partial charge in [0.25, 0.3) is 0 Å². The molecule has 0 saturated heterocycles. The normalized spacial score (nSPS) is 11.0. The summed E-state index contributed by atoms with van der Waals surface area (Å²) in [5.74, 6) is 2.59. The smallest absolute Gasteiger partial charge is 0.349 e. The first kappa shape index (κ1) is 12.9. The van der Waals surface area contributed by atoms with E-state index < -0.39 is 0 Å². The first-order valence-corrected chi connectivity index (χ1v) is 7.29. The van der Waals surface area contributed by atoms with Gasteiger partial charge in [-0.2, -0.15) is 16.9 Å². The number of anilines is 1. The van der Waals surface area contributed by atoms with Crippen molar-refractivity contribution in [3.63, 3.8) is 0 Å². The highest BCUT2D eigenvalue weighted by atomic mass is 32.2. The van der Waals surface area contributed by atoms with Crippen LogP contribution in [0.15, 0.2) is 10.9 Å². The molecule has 0 aliphatic rings. The second-order valence-corrected chi connectivity index (χ2v) is 5.02. The fourth-order valence-electron chi connectivity index (χ4n) is 1.78. The first-order chi connectivity index (χ1) is 8.72. The molecule has 0 aromatic carbocycles. The third-order valence-electron chi connectivity index (χ3n) is 2.65. The summed E-state index contributed by atoms with van der Waals surface area (Å²) in [6.07, 6.45) is 4.42. The molecule has 0 radical (unpaired) electrons. The molecule has 0 unspecified atom stereocenters. The lowest BCUT2D eigenvalue weighted by Crippen LogP contribution is -2.14. The topological polar surface area (TPSA) is 75.1 Å². The Morgan fingerprint density at radius 2 is 2.33 bits per heavy atom. The van der Waals surface area contributed by atoms with Gasteiger partial charge in [0.1, 0.15) is 11.6 Å². The number of hydrogen-bond acceptors (Lipinski definition) is 5. The van der Waals surface area contributed by atoms with Gasteiger partial charge < -0.3 is 5.32 Å². The van der Waals surface area contributed by atoms with Crippen molar-refractivity contribution in [2.45, 2.75) is 19.8 Å². The second kappa shape index (κ2) is 5.90. The Bertz CT molecular complexity index is 576. The number of nitrogens with zero attached hydrogens (tertiary/aromatic N) is 3. The third kappa shape index (κ3) is 2.84. The fourth-order valence-corrected chi connectivity index (χ4v) is 2.27. The highest BCUT2D eigenvalue weighted by Crippen LogP contribution is 2.08. The lowest BCUT2D eigenvalue weighted by molar-refractivity contribution is 0.835. The van der Waals surface area contributed by atoms with Crippen LogP contribution in [0.25, 0.3) is 5.65 Å². The van der Waals surface area contributed by atoms with Crippen molar-refractivity contribution in [2.75, 3.05) is 23.9 Å². The maximum Gasteiger partial charge on any atom is 0.349 e. The van der Waals surface area contributed by atoms with E-state index in [9.17, 15) is 4.79 Å². The molecular formula is C11H17N5OS. The fraction of sp³-hybridized carbons (Fsp3) is 0.545. The average Bonchev–Trinajstić information content (AvgIpc) is 2.71. The molecule has 0 amide bonds. The zero-order chi connectivity index (χ0) is 13.0. The molecule has 0 bridgehead atoms. The summed E-state index contributed by atoms with van der Waals surface area (Å²) in [6, 6.07) is 1.78. The molecule has 2 aromatic rings. The van der Waals surface area contributed by atoms with Gasteiger partial charge >= 0.3 is 5.69 Å². The van der Waals surface area contributed by atoms with Crippen LogP contribution in [0.2, 0.25) is 0 Å². The number of unbranched alkanes of at least 4 members (excludes halogenated alkanes) is 1. The van der Waals surface area contributed by atoms with E-state index in [0.29, 0.717) is 11.5 Å². The number of fused-ring (bicyclic) bond motifs is 1. The zero-order valence-electron chi connectivity index (χ0n) is 10.6. The number of thioether (sulfide) groups is 1. The molecule has 6 nitrogen and oxygen atoms in total. The minimum absolute atomic E-state index is 0.249. The molecule has 0 aliphatic heterocycles. The molecule has 2 heterocycles. The highest BCUT2D eigenvalue weighted by Gasteiger charge is 2.06. The molecule has 98 valence electrons. The molecule has 0 fully saturated rings. The summed E-state index contributed by atoms with van der Waals surface area (Å²) >= 11 is 1.86. The van der Waals surface area contributed by atoms with Gasteiger partial charge in [0.15, 0.2) is 5.65 Å². The molecular weight excluding hydrogens is 250 g/mol. The van der Waals surface area contributed by atoms with Crippen LogP contribution in [0.3, 0.4) is 0 Å².